The Balaban J connectivity index is 1.36. The van der Waals surface area contributed by atoms with E-state index in [0.29, 0.717) is 47.1 Å². The number of aromatic nitrogens is 3. The molecule has 3 aromatic heterocycles. The van der Waals surface area contributed by atoms with Crippen LogP contribution in [0.3, 0.4) is 0 Å². The van der Waals surface area contributed by atoms with Crippen molar-refractivity contribution in [3.63, 3.8) is 0 Å². The van der Waals surface area contributed by atoms with Crippen molar-refractivity contribution in [3.05, 3.63) is 75.9 Å². The summed E-state index contributed by atoms with van der Waals surface area (Å²) in [6, 6.07) is 10.4. The van der Waals surface area contributed by atoms with Gasteiger partial charge < -0.3 is 19.5 Å². The zero-order valence-electron chi connectivity index (χ0n) is 25.6. The van der Waals surface area contributed by atoms with Crippen molar-refractivity contribution in [2.75, 3.05) is 25.5 Å². The summed E-state index contributed by atoms with van der Waals surface area (Å²) in [6.45, 7) is 13.1. The lowest BCUT2D eigenvalue weighted by molar-refractivity contribution is 0.0598. The number of fused-ring (bicyclic) bond motifs is 1. The predicted molar refractivity (Wildman–Crippen MR) is 167 cm³/mol. The second-order valence-electron chi connectivity index (χ2n) is 12.3. The van der Waals surface area contributed by atoms with Crippen molar-refractivity contribution in [2.45, 2.75) is 59.5 Å². The van der Waals surface area contributed by atoms with E-state index in [1.807, 2.05) is 34.7 Å². The number of nitrogens with one attached hydrogen (secondary N) is 1. The number of likely N-dealkylation sites (tertiary alicyclic amines) is 1. The Hall–Kier alpha value is -3.98. The highest BCUT2D eigenvalue weighted by molar-refractivity contribution is 6.30. The molecule has 5 rings (SSSR count). The van der Waals surface area contributed by atoms with Crippen molar-refractivity contribution in [1.29, 1.82) is 0 Å². The third-order valence-corrected chi connectivity index (χ3v) is 8.44. The molecular weight excluding hydrogens is 569 g/mol. The first kappa shape index (κ1) is 30.5. The summed E-state index contributed by atoms with van der Waals surface area (Å²) in [4.78, 5) is 37.1. The topological polar surface area (TPSA) is 89.4 Å². The number of rotatable bonds is 5. The van der Waals surface area contributed by atoms with Gasteiger partial charge in [-0.2, -0.15) is 0 Å². The monoisotopic (exact) mass is 605 g/mol. The molecule has 1 aromatic carbocycles. The number of esters is 1. The molecule has 1 N–H and O–H groups in total. The predicted octanol–water partition coefficient (Wildman–Crippen LogP) is 7.01. The minimum atomic E-state index is -0.484. The van der Waals surface area contributed by atoms with Gasteiger partial charge in [0.05, 0.1) is 23.4 Å². The molecule has 0 spiro atoms. The fraction of sp³-hybridized carbons (Fsp3) is 0.394. The summed E-state index contributed by atoms with van der Waals surface area (Å²) in [5, 5.41) is 4.42. The molecule has 226 valence electrons. The minimum absolute atomic E-state index is 0.0699. The standard InChI is InChI=1S/C33H37ClFN5O3/c1-18-14-28(36-20(3)29(18)32(42)43-7)37-26-12-13-39(16-19(26)2)31(41)27-11-9-22-23(21-8-10-24(34)25(35)15-21)17-40(30(22)38-27)33(4,5)6/h8-11,14-15,17,19,26H,12-13,16H2,1-7H3,(H,36,37). The molecule has 10 heteroatoms. The smallest absolute Gasteiger partial charge is 0.339 e. The number of halogens is 2. The minimum Gasteiger partial charge on any atom is -0.465 e. The lowest BCUT2D eigenvalue weighted by Gasteiger charge is -2.37. The van der Waals surface area contributed by atoms with Gasteiger partial charge in [0.15, 0.2) is 0 Å². The highest BCUT2D eigenvalue weighted by atomic mass is 35.5. The number of aryl methyl sites for hydroxylation is 2. The fourth-order valence-corrected chi connectivity index (χ4v) is 5.96. The molecule has 1 aliphatic heterocycles. The summed E-state index contributed by atoms with van der Waals surface area (Å²) >= 11 is 5.93. The Morgan fingerprint density at radius 3 is 2.49 bits per heavy atom. The number of benzene rings is 1. The van der Waals surface area contributed by atoms with Crippen LogP contribution in [0.15, 0.2) is 42.6 Å². The molecule has 2 unspecified atom stereocenters. The number of amides is 1. The molecule has 1 amide bonds. The molecule has 0 radical (unpaired) electrons. The van der Waals surface area contributed by atoms with Gasteiger partial charge in [-0.05, 0) is 88.4 Å². The van der Waals surface area contributed by atoms with Crippen LogP contribution in [0.2, 0.25) is 5.02 Å². The Kier molecular flexibility index (Phi) is 8.22. The van der Waals surface area contributed by atoms with Crippen LogP contribution < -0.4 is 5.32 Å². The number of nitrogens with zero attached hydrogens (tertiary/aromatic N) is 4. The van der Waals surface area contributed by atoms with Crippen LogP contribution in [-0.4, -0.2) is 57.6 Å². The van der Waals surface area contributed by atoms with Gasteiger partial charge in [0, 0.05) is 41.8 Å². The number of anilines is 1. The Morgan fingerprint density at radius 1 is 1.12 bits per heavy atom. The van der Waals surface area contributed by atoms with Crippen molar-refractivity contribution in [2.24, 2.45) is 5.92 Å². The molecular formula is C33H37ClFN5O3. The number of hydrogen-bond donors (Lipinski definition) is 1. The molecule has 1 saturated heterocycles. The number of pyridine rings is 2. The third-order valence-electron chi connectivity index (χ3n) is 8.14. The van der Waals surface area contributed by atoms with E-state index >= 15 is 0 Å². The van der Waals surface area contributed by atoms with Gasteiger partial charge >= 0.3 is 5.97 Å². The third kappa shape index (κ3) is 5.95. The van der Waals surface area contributed by atoms with E-state index in [0.717, 1.165) is 22.9 Å². The van der Waals surface area contributed by atoms with Crippen molar-refractivity contribution < 1.29 is 18.7 Å². The maximum atomic E-state index is 14.3. The first-order valence-electron chi connectivity index (χ1n) is 14.4. The van der Waals surface area contributed by atoms with Crippen LogP contribution in [0.4, 0.5) is 10.2 Å². The zero-order chi connectivity index (χ0) is 31.2. The summed E-state index contributed by atoms with van der Waals surface area (Å²) < 4.78 is 21.2. The van der Waals surface area contributed by atoms with Crippen molar-refractivity contribution >= 4 is 40.3 Å². The van der Waals surface area contributed by atoms with Gasteiger partial charge in [-0.15, -0.1) is 0 Å². The zero-order valence-corrected chi connectivity index (χ0v) is 26.3. The van der Waals surface area contributed by atoms with Gasteiger partial charge in [0.25, 0.3) is 5.91 Å². The Bertz CT molecular complexity index is 1700. The van der Waals surface area contributed by atoms with Crippen LogP contribution in [0, 0.1) is 25.6 Å². The molecule has 4 heterocycles. The molecule has 0 aliphatic carbocycles. The summed E-state index contributed by atoms with van der Waals surface area (Å²) in [5.74, 6) is -0.160. The van der Waals surface area contributed by atoms with E-state index in [-0.39, 0.29) is 28.4 Å². The maximum Gasteiger partial charge on any atom is 0.339 e. The molecule has 1 fully saturated rings. The molecule has 4 aromatic rings. The van der Waals surface area contributed by atoms with E-state index in [1.165, 1.54) is 13.2 Å². The van der Waals surface area contributed by atoms with Gasteiger partial charge in [0.2, 0.25) is 0 Å². The highest BCUT2D eigenvalue weighted by Gasteiger charge is 2.31. The molecule has 0 saturated carbocycles. The number of carbonyl (C=O) groups is 2. The molecule has 0 bridgehead atoms. The van der Waals surface area contributed by atoms with E-state index in [4.69, 9.17) is 21.3 Å². The summed E-state index contributed by atoms with van der Waals surface area (Å²) in [5.41, 5.74) is 4.12. The van der Waals surface area contributed by atoms with Crippen LogP contribution in [0.5, 0.6) is 0 Å². The quantitative estimate of drug-likeness (QED) is 0.246. The fourth-order valence-electron chi connectivity index (χ4n) is 5.84. The summed E-state index contributed by atoms with van der Waals surface area (Å²) in [7, 11) is 1.36. The van der Waals surface area contributed by atoms with Gasteiger partial charge in [0.1, 0.15) is 23.0 Å². The van der Waals surface area contributed by atoms with E-state index in [9.17, 15) is 14.0 Å². The Morgan fingerprint density at radius 2 is 1.86 bits per heavy atom. The van der Waals surface area contributed by atoms with E-state index < -0.39 is 11.8 Å². The van der Waals surface area contributed by atoms with E-state index in [1.54, 1.807) is 25.1 Å². The molecule has 43 heavy (non-hydrogen) atoms. The first-order valence-corrected chi connectivity index (χ1v) is 14.8. The number of piperidine rings is 1. The SMILES string of the molecule is COC(=O)c1c(C)cc(NC2CCN(C(=O)c3ccc4c(-c5ccc(Cl)c(F)c5)cn(C(C)(C)C)c4n3)CC2C)nc1C. The highest BCUT2D eigenvalue weighted by Crippen LogP contribution is 2.35. The van der Waals surface area contributed by atoms with Crippen LogP contribution in [-0.2, 0) is 10.3 Å². The van der Waals surface area contributed by atoms with E-state index in [2.05, 4.69) is 38.0 Å². The van der Waals surface area contributed by atoms with Crippen molar-refractivity contribution in [3.8, 4) is 11.1 Å². The average molecular weight is 606 g/mol. The normalized spacial score (nSPS) is 17.3. The van der Waals surface area contributed by atoms with Gasteiger partial charge in [-0.1, -0.05) is 24.6 Å². The molecule has 8 nitrogen and oxygen atoms in total. The van der Waals surface area contributed by atoms with Gasteiger partial charge in [-0.25, -0.2) is 19.2 Å². The number of hydrogen-bond acceptors (Lipinski definition) is 6. The maximum absolute atomic E-state index is 14.3. The van der Waals surface area contributed by atoms with Gasteiger partial charge in [-0.3, -0.25) is 4.79 Å². The van der Waals surface area contributed by atoms with Crippen LogP contribution in [0.25, 0.3) is 22.2 Å². The van der Waals surface area contributed by atoms with Crippen molar-refractivity contribution in [1.82, 2.24) is 19.4 Å². The number of methoxy groups -OCH3 is 1. The molecule has 2 atom stereocenters. The number of carbonyl (C=O) groups excluding carboxylic acids is 2. The lowest BCUT2D eigenvalue weighted by Crippen LogP contribution is -2.47. The van der Waals surface area contributed by atoms with Crippen LogP contribution in [0.1, 0.15) is 66.2 Å². The summed E-state index contributed by atoms with van der Waals surface area (Å²) in [6.07, 6.45) is 2.70. The number of ether oxygens (including phenoxy) is 1. The van der Waals surface area contributed by atoms with Crippen LogP contribution >= 0.6 is 11.6 Å². The molecule has 1 aliphatic rings. The second-order valence-corrected chi connectivity index (χ2v) is 12.7. The second kappa shape index (κ2) is 11.6. The first-order chi connectivity index (χ1) is 20.3. The average Bonchev–Trinajstić information content (AvgIpc) is 3.34. The largest absolute Gasteiger partial charge is 0.465 e. The lowest BCUT2D eigenvalue weighted by atomic mass is 9.93. The Labute approximate surface area is 256 Å².